The fraction of sp³-hybridized carbons (Fsp3) is 0.438. The topological polar surface area (TPSA) is 39.1 Å². The molecule has 0 bridgehead atoms. The minimum absolute atomic E-state index is 0.364. The quantitative estimate of drug-likeness (QED) is 0.874. The fourth-order valence-electron chi connectivity index (χ4n) is 2.11. The van der Waals surface area contributed by atoms with Gasteiger partial charge in [0.2, 0.25) is 5.88 Å². The van der Waals surface area contributed by atoms with E-state index in [4.69, 9.17) is 4.74 Å². The molecule has 0 aliphatic rings. The first-order chi connectivity index (χ1) is 9.60. The minimum atomic E-state index is 0.364. The van der Waals surface area contributed by atoms with Crippen molar-refractivity contribution < 1.29 is 4.74 Å². The molecule has 20 heavy (non-hydrogen) atoms. The zero-order valence-corrected chi connectivity index (χ0v) is 12.7. The molecule has 0 spiro atoms. The summed E-state index contributed by atoms with van der Waals surface area (Å²) >= 11 is 0. The summed E-state index contributed by atoms with van der Waals surface area (Å²) < 4.78 is 7.57. The molecule has 108 valence electrons. The van der Waals surface area contributed by atoms with E-state index in [1.54, 1.807) is 4.68 Å². The molecule has 0 radical (unpaired) electrons. The second-order valence-corrected chi connectivity index (χ2v) is 5.09. The molecule has 1 aromatic carbocycles. The molecule has 4 nitrogen and oxygen atoms in total. The summed E-state index contributed by atoms with van der Waals surface area (Å²) in [6.45, 7) is 7.34. The lowest BCUT2D eigenvalue weighted by Gasteiger charge is -2.14. The number of aromatic nitrogens is 2. The third-order valence-electron chi connectivity index (χ3n) is 3.26. The predicted molar refractivity (Wildman–Crippen MR) is 81.2 cm³/mol. The zero-order chi connectivity index (χ0) is 14.5. The Hall–Kier alpha value is -1.81. The molecular formula is C16H23N3O. The van der Waals surface area contributed by atoms with Crippen LogP contribution in [0.2, 0.25) is 0 Å². The van der Waals surface area contributed by atoms with Crippen LogP contribution in [0.25, 0.3) is 0 Å². The molecule has 0 saturated heterocycles. The summed E-state index contributed by atoms with van der Waals surface area (Å²) in [6, 6.07) is 10.5. The van der Waals surface area contributed by atoms with Gasteiger partial charge in [0, 0.05) is 19.2 Å². The standard InChI is InChI=1S/C16H23N3O/c1-5-10-17-13(3)14-6-8-15(9-7-14)20-16-11-12(2)18-19(16)4/h6-9,11,13,17H,5,10H2,1-4H3. The molecule has 0 aliphatic carbocycles. The Morgan fingerprint density at radius 2 is 2.00 bits per heavy atom. The van der Waals surface area contributed by atoms with Crippen molar-refractivity contribution >= 4 is 0 Å². The first-order valence-electron chi connectivity index (χ1n) is 7.12. The largest absolute Gasteiger partial charge is 0.439 e. The van der Waals surface area contributed by atoms with Gasteiger partial charge < -0.3 is 10.1 Å². The molecule has 2 aromatic rings. The van der Waals surface area contributed by atoms with Gasteiger partial charge in [-0.2, -0.15) is 5.10 Å². The van der Waals surface area contributed by atoms with Gasteiger partial charge in [-0.25, -0.2) is 4.68 Å². The van der Waals surface area contributed by atoms with Crippen molar-refractivity contribution in [1.29, 1.82) is 0 Å². The molecule has 0 aliphatic heterocycles. The summed E-state index contributed by atoms with van der Waals surface area (Å²) in [6.07, 6.45) is 1.14. The Bertz CT molecular complexity index is 545. The van der Waals surface area contributed by atoms with Crippen molar-refractivity contribution in [3.8, 4) is 11.6 Å². The van der Waals surface area contributed by atoms with Crippen LogP contribution in [0.4, 0.5) is 0 Å². The molecule has 4 heteroatoms. The average Bonchev–Trinajstić information content (AvgIpc) is 2.75. The van der Waals surface area contributed by atoms with E-state index < -0.39 is 0 Å². The Morgan fingerprint density at radius 3 is 2.55 bits per heavy atom. The van der Waals surface area contributed by atoms with Gasteiger partial charge in [-0.05, 0) is 44.5 Å². The van der Waals surface area contributed by atoms with Crippen LogP contribution < -0.4 is 10.1 Å². The second kappa shape index (κ2) is 6.57. The summed E-state index contributed by atoms with van der Waals surface area (Å²) in [4.78, 5) is 0. The predicted octanol–water partition coefficient (Wildman–Crippen LogP) is 3.58. The second-order valence-electron chi connectivity index (χ2n) is 5.09. The number of hydrogen-bond donors (Lipinski definition) is 1. The average molecular weight is 273 g/mol. The summed E-state index contributed by atoms with van der Waals surface area (Å²) in [5.74, 6) is 1.59. The Kier molecular flexibility index (Phi) is 4.79. The van der Waals surface area contributed by atoms with Crippen molar-refractivity contribution in [2.24, 2.45) is 7.05 Å². The minimum Gasteiger partial charge on any atom is -0.439 e. The maximum Gasteiger partial charge on any atom is 0.217 e. The number of benzene rings is 1. The van der Waals surface area contributed by atoms with Crippen molar-refractivity contribution in [1.82, 2.24) is 15.1 Å². The normalized spacial score (nSPS) is 12.4. The van der Waals surface area contributed by atoms with E-state index in [0.717, 1.165) is 30.3 Å². The molecule has 1 aromatic heterocycles. The zero-order valence-electron chi connectivity index (χ0n) is 12.7. The monoisotopic (exact) mass is 273 g/mol. The molecule has 1 heterocycles. The van der Waals surface area contributed by atoms with E-state index in [1.165, 1.54) is 5.56 Å². The van der Waals surface area contributed by atoms with Crippen LogP contribution in [0, 0.1) is 6.92 Å². The maximum absolute atomic E-state index is 5.83. The van der Waals surface area contributed by atoms with Crippen LogP contribution in [-0.2, 0) is 7.05 Å². The van der Waals surface area contributed by atoms with Crippen molar-refractivity contribution in [3.05, 3.63) is 41.6 Å². The molecule has 1 unspecified atom stereocenters. The number of rotatable bonds is 6. The van der Waals surface area contributed by atoms with Gasteiger partial charge in [-0.3, -0.25) is 0 Å². The van der Waals surface area contributed by atoms with Gasteiger partial charge in [0.25, 0.3) is 0 Å². The van der Waals surface area contributed by atoms with E-state index in [2.05, 4.69) is 36.4 Å². The molecule has 1 N–H and O–H groups in total. The smallest absolute Gasteiger partial charge is 0.217 e. The SMILES string of the molecule is CCCNC(C)c1ccc(Oc2cc(C)nn2C)cc1. The summed E-state index contributed by atoms with van der Waals surface area (Å²) in [5.41, 5.74) is 2.23. The highest BCUT2D eigenvalue weighted by Crippen LogP contribution is 2.23. The van der Waals surface area contributed by atoms with Crippen LogP contribution in [0.5, 0.6) is 11.6 Å². The molecule has 1 atom stereocenters. The van der Waals surface area contributed by atoms with E-state index >= 15 is 0 Å². The van der Waals surface area contributed by atoms with E-state index in [9.17, 15) is 0 Å². The van der Waals surface area contributed by atoms with E-state index in [-0.39, 0.29) is 0 Å². The molecule has 0 amide bonds. The number of nitrogens with zero attached hydrogens (tertiary/aromatic N) is 2. The Balaban J connectivity index is 2.03. The highest BCUT2D eigenvalue weighted by Gasteiger charge is 2.07. The highest BCUT2D eigenvalue weighted by atomic mass is 16.5. The third-order valence-corrected chi connectivity index (χ3v) is 3.26. The van der Waals surface area contributed by atoms with Crippen LogP contribution in [0.1, 0.15) is 37.6 Å². The molecule has 0 saturated carbocycles. The van der Waals surface area contributed by atoms with Gasteiger partial charge >= 0.3 is 0 Å². The van der Waals surface area contributed by atoms with Gasteiger partial charge in [-0.15, -0.1) is 0 Å². The van der Waals surface area contributed by atoms with Crippen LogP contribution in [0.3, 0.4) is 0 Å². The lowest BCUT2D eigenvalue weighted by molar-refractivity contribution is 0.430. The Labute approximate surface area is 120 Å². The fourth-order valence-corrected chi connectivity index (χ4v) is 2.11. The van der Waals surface area contributed by atoms with Gasteiger partial charge in [0.15, 0.2) is 0 Å². The lowest BCUT2D eigenvalue weighted by Crippen LogP contribution is -2.19. The van der Waals surface area contributed by atoms with Crippen LogP contribution >= 0.6 is 0 Å². The van der Waals surface area contributed by atoms with Crippen LogP contribution in [0.15, 0.2) is 30.3 Å². The number of nitrogens with one attached hydrogen (secondary N) is 1. The lowest BCUT2D eigenvalue weighted by atomic mass is 10.1. The molecular weight excluding hydrogens is 250 g/mol. The third kappa shape index (κ3) is 3.61. The van der Waals surface area contributed by atoms with Gasteiger partial charge in [0.05, 0.1) is 5.69 Å². The van der Waals surface area contributed by atoms with E-state index in [1.807, 2.05) is 32.2 Å². The van der Waals surface area contributed by atoms with Crippen LogP contribution in [-0.4, -0.2) is 16.3 Å². The Morgan fingerprint density at radius 1 is 1.30 bits per heavy atom. The van der Waals surface area contributed by atoms with Crippen molar-refractivity contribution in [2.75, 3.05) is 6.54 Å². The number of ether oxygens (including phenoxy) is 1. The highest BCUT2D eigenvalue weighted by molar-refractivity contribution is 5.32. The van der Waals surface area contributed by atoms with Crippen molar-refractivity contribution in [3.63, 3.8) is 0 Å². The van der Waals surface area contributed by atoms with Crippen molar-refractivity contribution in [2.45, 2.75) is 33.2 Å². The molecule has 0 fully saturated rings. The number of hydrogen-bond acceptors (Lipinski definition) is 3. The molecule has 2 rings (SSSR count). The first kappa shape index (κ1) is 14.6. The number of aryl methyl sites for hydroxylation is 2. The maximum atomic E-state index is 5.83. The van der Waals surface area contributed by atoms with E-state index in [0.29, 0.717) is 6.04 Å². The van der Waals surface area contributed by atoms with Gasteiger partial charge in [-0.1, -0.05) is 19.1 Å². The summed E-state index contributed by atoms with van der Waals surface area (Å²) in [5, 5.41) is 7.74. The van der Waals surface area contributed by atoms with Gasteiger partial charge in [0.1, 0.15) is 5.75 Å². The summed E-state index contributed by atoms with van der Waals surface area (Å²) in [7, 11) is 1.88. The first-order valence-corrected chi connectivity index (χ1v) is 7.12.